The summed E-state index contributed by atoms with van der Waals surface area (Å²) >= 11 is 0. The van der Waals surface area contributed by atoms with Crippen LogP contribution in [0.25, 0.3) is 0 Å². The molecule has 2 unspecified atom stereocenters. The molecule has 364 valence electrons. The summed E-state index contributed by atoms with van der Waals surface area (Å²) in [6.07, 6.45) is 40.1. The Labute approximate surface area is 388 Å². The molecule has 0 radical (unpaired) electrons. The molecule has 5 aliphatic rings. The van der Waals surface area contributed by atoms with Crippen molar-refractivity contribution in [1.29, 1.82) is 0 Å². The fourth-order valence-electron chi connectivity index (χ4n) is 13.3. The van der Waals surface area contributed by atoms with Crippen LogP contribution in [0.2, 0.25) is 0 Å². The number of unbranched alkanes of at least 4 members (excludes halogenated alkanes) is 12. The van der Waals surface area contributed by atoms with Crippen LogP contribution in [0.3, 0.4) is 0 Å². The number of fused-ring (bicyclic) bond motifs is 5. The van der Waals surface area contributed by atoms with Gasteiger partial charge in [-0.2, -0.15) is 0 Å². The van der Waals surface area contributed by atoms with E-state index in [1.54, 1.807) is 5.57 Å². The smallest absolute Gasteiger partial charge is 0.332 e. The number of esters is 1. The zero-order valence-corrected chi connectivity index (χ0v) is 42.0. The van der Waals surface area contributed by atoms with Crippen LogP contribution in [0, 0.1) is 46.3 Å². The van der Waals surface area contributed by atoms with Crippen LogP contribution in [0.4, 0.5) is 0 Å². The van der Waals surface area contributed by atoms with Crippen molar-refractivity contribution in [2.75, 3.05) is 65.9 Å². The lowest BCUT2D eigenvalue weighted by Gasteiger charge is -2.58. The minimum absolute atomic E-state index is 0.0224. The van der Waals surface area contributed by atoms with E-state index < -0.39 is 0 Å². The number of hydrogen-bond acceptors (Lipinski definition) is 7. The molecule has 4 fully saturated rings. The second-order valence-corrected chi connectivity index (χ2v) is 22.1. The lowest BCUT2D eigenvalue weighted by atomic mass is 9.47. The van der Waals surface area contributed by atoms with E-state index in [1.807, 2.05) is 0 Å². The third-order valence-electron chi connectivity index (χ3n) is 17.1. The van der Waals surface area contributed by atoms with E-state index in [4.69, 9.17) is 23.7 Å². The lowest BCUT2D eigenvalue weighted by molar-refractivity contribution is -0.154. The van der Waals surface area contributed by atoms with E-state index >= 15 is 0 Å². The molecule has 0 aromatic rings. The Kier molecular flexibility index (Phi) is 24.1. The molecular weight excluding hydrogens is 783 g/mol. The summed E-state index contributed by atoms with van der Waals surface area (Å²) < 4.78 is 29.9. The van der Waals surface area contributed by atoms with Gasteiger partial charge in [-0.05, 0) is 130 Å². The molecule has 0 spiro atoms. The van der Waals surface area contributed by atoms with Crippen molar-refractivity contribution in [2.45, 2.75) is 214 Å². The molecule has 0 amide bonds. The number of rotatable bonds is 32. The van der Waals surface area contributed by atoms with Crippen molar-refractivity contribution in [3.8, 4) is 0 Å². The summed E-state index contributed by atoms with van der Waals surface area (Å²) in [6, 6.07) is 0. The Bertz CT molecular complexity index is 1310. The van der Waals surface area contributed by atoms with Crippen molar-refractivity contribution in [3.05, 3.63) is 23.8 Å². The van der Waals surface area contributed by atoms with Crippen molar-refractivity contribution in [3.63, 3.8) is 0 Å². The van der Waals surface area contributed by atoms with Crippen LogP contribution in [0.1, 0.15) is 202 Å². The van der Waals surface area contributed by atoms with Crippen molar-refractivity contribution in [1.82, 2.24) is 4.90 Å². The first-order valence-corrected chi connectivity index (χ1v) is 27.2. The number of nitrogens with zero attached hydrogens (tertiary/aromatic N) is 1. The van der Waals surface area contributed by atoms with Gasteiger partial charge in [0.1, 0.15) is 13.2 Å². The van der Waals surface area contributed by atoms with Crippen LogP contribution in [-0.4, -0.2) is 89.0 Å². The van der Waals surface area contributed by atoms with E-state index in [0.29, 0.717) is 18.6 Å². The van der Waals surface area contributed by atoms with E-state index in [0.717, 1.165) is 94.2 Å². The molecule has 9 atom stereocenters. The van der Waals surface area contributed by atoms with Crippen LogP contribution < -0.4 is 0 Å². The summed E-state index contributed by atoms with van der Waals surface area (Å²) in [4.78, 5) is 15.3. The predicted octanol–water partition coefficient (Wildman–Crippen LogP) is 13.7. The zero-order chi connectivity index (χ0) is 44.8. The molecule has 1 aliphatic heterocycles. The first-order valence-electron chi connectivity index (χ1n) is 27.2. The largest absolute Gasteiger partial charge is 0.462 e. The van der Waals surface area contributed by atoms with E-state index in [2.05, 4.69) is 64.7 Å². The van der Waals surface area contributed by atoms with Gasteiger partial charge in [0.25, 0.3) is 0 Å². The van der Waals surface area contributed by atoms with Gasteiger partial charge in [0.2, 0.25) is 0 Å². The molecule has 7 heteroatoms. The normalized spacial score (nSPS) is 29.6. The molecule has 0 aromatic heterocycles. The highest BCUT2D eigenvalue weighted by atomic mass is 16.6. The zero-order valence-electron chi connectivity index (χ0n) is 42.0. The maximum absolute atomic E-state index is 12.9. The van der Waals surface area contributed by atoms with E-state index in [9.17, 15) is 4.79 Å². The monoisotopic (exact) mass is 882 g/mol. The Morgan fingerprint density at radius 1 is 0.810 bits per heavy atom. The quantitative estimate of drug-likeness (QED) is 0.0379. The topological polar surface area (TPSA) is 66.5 Å². The van der Waals surface area contributed by atoms with Gasteiger partial charge in [0.05, 0.1) is 38.6 Å². The highest BCUT2D eigenvalue weighted by Crippen LogP contribution is 2.67. The summed E-state index contributed by atoms with van der Waals surface area (Å²) in [5.74, 6) is 4.80. The standard InChI is InChI=1S/C56H99NO6/c1-7-8-9-10-11-12-13-14-15-16-17-18-19-20-21-22-36-60-43-49(42-57-34-37-59-38-35-57)61-39-40-62-54(58)44-63-48-30-32-55(5)47(41-48)26-27-50-52-29-28-51(46(4)25-23-24-45(2)3)56(52,6)33-31-53(50)55/h14-15,26,45-46,48-53H,7-13,16-25,27-44H2,1-6H3/t46-,48+,49?,50?,51-,52+,53+,55+,56-/m1/s1. The molecule has 1 saturated heterocycles. The maximum atomic E-state index is 12.9. The Morgan fingerprint density at radius 2 is 1.52 bits per heavy atom. The third kappa shape index (κ3) is 17.1. The van der Waals surface area contributed by atoms with Gasteiger partial charge in [0, 0.05) is 26.2 Å². The van der Waals surface area contributed by atoms with E-state index in [1.165, 1.54) is 141 Å². The summed E-state index contributed by atoms with van der Waals surface area (Å²) in [7, 11) is 0. The van der Waals surface area contributed by atoms with Gasteiger partial charge >= 0.3 is 5.97 Å². The number of allylic oxidation sites excluding steroid dienone is 3. The summed E-state index contributed by atoms with van der Waals surface area (Å²) in [6.45, 7) is 21.0. The Morgan fingerprint density at radius 3 is 2.25 bits per heavy atom. The molecule has 0 N–H and O–H groups in total. The van der Waals surface area contributed by atoms with Gasteiger partial charge in [-0.25, -0.2) is 4.79 Å². The summed E-state index contributed by atoms with van der Waals surface area (Å²) in [5.41, 5.74) is 2.42. The average Bonchev–Trinajstić information content (AvgIpc) is 3.64. The van der Waals surface area contributed by atoms with Crippen LogP contribution in [0.15, 0.2) is 23.8 Å². The Hall–Kier alpha value is -1.25. The minimum Gasteiger partial charge on any atom is -0.462 e. The molecule has 7 nitrogen and oxygen atoms in total. The molecule has 5 rings (SSSR count). The fraction of sp³-hybridized carbons (Fsp3) is 0.911. The average molecular weight is 882 g/mol. The first kappa shape index (κ1) is 52.7. The molecule has 63 heavy (non-hydrogen) atoms. The van der Waals surface area contributed by atoms with Crippen molar-refractivity contribution < 1.29 is 28.5 Å². The van der Waals surface area contributed by atoms with Gasteiger partial charge in [-0.15, -0.1) is 0 Å². The van der Waals surface area contributed by atoms with Crippen LogP contribution >= 0.6 is 0 Å². The lowest BCUT2D eigenvalue weighted by Crippen LogP contribution is -2.51. The molecule has 0 bridgehead atoms. The van der Waals surface area contributed by atoms with Gasteiger partial charge < -0.3 is 23.7 Å². The third-order valence-corrected chi connectivity index (χ3v) is 17.1. The number of carbonyl (C=O) groups is 1. The SMILES string of the molecule is CCCCCCCCC=CCCCCCCCCOCC(CN1CCOCC1)OCCOC(=O)CO[C@H]1CC[C@@]2(C)C(=CCC3[C@@H]4CC[C@H]([C@H](C)CCCC(C)C)[C@@]4(C)CC[C@@H]32)C1. The molecule has 1 heterocycles. The van der Waals surface area contributed by atoms with Gasteiger partial charge in [-0.3, -0.25) is 4.90 Å². The van der Waals surface area contributed by atoms with Crippen LogP contribution in [0.5, 0.6) is 0 Å². The van der Waals surface area contributed by atoms with Gasteiger partial charge in [0.15, 0.2) is 0 Å². The maximum Gasteiger partial charge on any atom is 0.332 e. The summed E-state index contributed by atoms with van der Waals surface area (Å²) in [5, 5.41) is 0. The minimum atomic E-state index is -0.286. The number of carbonyl (C=O) groups excluding carboxylic acids is 1. The highest BCUT2D eigenvalue weighted by molar-refractivity contribution is 5.70. The number of ether oxygens (including phenoxy) is 5. The van der Waals surface area contributed by atoms with Crippen molar-refractivity contribution in [2.24, 2.45) is 46.3 Å². The molecule has 3 saturated carbocycles. The Balaban J connectivity index is 0.928. The highest BCUT2D eigenvalue weighted by Gasteiger charge is 2.59. The van der Waals surface area contributed by atoms with Gasteiger partial charge in [-0.1, -0.05) is 142 Å². The fourth-order valence-corrected chi connectivity index (χ4v) is 13.3. The van der Waals surface area contributed by atoms with E-state index in [-0.39, 0.29) is 36.8 Å². The molecule has 0 aromatic carbocycles. The second-order valence-electron chi connectivity index (χ2n) is 22.1. The second kappa shape index (κ2) is 28.8. The molecule has 4 aliphatic carbocycles. The van der Waals surface area contributed by atoms with Crippen LogP contribution in [-0.2, 0) is 28.5 Å². The van der Waals surface area contributed by atoms with Crippen molar-refractivity contribution >= 4 is 5.97 Å². The predicted molar refractivity (Wildman–Crippen MR) is 261 cm³/mol. The first-order chi connectivity index (χ1) is 30.6. The molecular formula is C56H99NO6. The number of morpholine rings is 1. The number of hydrogen-bond donors (Lipinski definition) is 0.